The van der Waals surface area contributed by atoms with Crippen LogP contribution < -0.4 is 5.73 Å². The van der Waals surface area contributed by atoms with Crippen molar-refractivity contribution in [3.05, 3.63) is 0 Å². The molecule has 1 aliphatic carbocycles. The van der Waals surface area contributed by atoms with Crippen LogP contribution in [0.1, 0.15) is 46.0 Å². The highest BCUT2D eigenvalue weighted by Crippen LogP contribution is 2.36. The molecular weight excluding hydrogens is 188 g/mol. The first-order chi connectivity index (χ1) is 6.91. The fraction of sp³-hybridized carbons (Fsp3) is 0.917. The summed E-state index contributed by atoms with van der Waals surface area (Å²) in [6, 6.07) is 0.650. The predicted molar refractivity (Wildman–Crippen MR) is 62.5 cm³/mol. The zero-order valence-electron chi connectivity index (χ0n) is 10.3. The van der Waals surface area contributed by atoms with Gasteiger partial charge in [0.1, 0.15) is 0 Å². The molecule has 1 aliphatic rings. The number of primary amides is 1. The van der Waals surface area contributed by atoms with Gasteiger partial charge in [0.05, 0.1) is 0 Å². The van der Waals surface area contributed by atoms with E-state index in [0.29, 0.717) is 17.9 Å². The van der Waals surface area contributed by atoms with E-state index in [9.17, 15) is 4.79 Å². The van der Waals surface area contributed by atoms with Crippen LogP contribution in [0.25, 0.3) is 0 Å². The van der Waals surface area contributed by atoms with Gasteiger partial charge >= 0.3 is 0 Å². The van der Waals surface area contributed by atoms with Gasteiger partial charge in [0.2, 0.25) is 5.91 Å². The largest absolute Gasteiger partial charge is 0.370 e. The normalized spacial score (nSPS) is 21.9. The van der Waals surface area contributed by atoms with Crippen molar-refractivity contribution in [2.75, 3.05) is 13.6 Å². The Hall–Kier alpha value is -0.570. The minimum absolute atomic E-state index is 0.196. The molecule has 1 fully saturated rings. The predicted octanol–water partition coefficient (Wildman–Crippen LogP) is 1.76. The summed E-state index contributed by atoms with van der Waals surface area (Å²) in [4.78, 5) is 13.0. The summed E-state index contributed by atoms with van der Waals surface area (Å²) in [5.41, 5.74) is 5.66. The van der Waals surface area contributed by atoms with E-state index in [-0.39, 0.29) is 5.91 Å². The number of nitrogens with zero attached hydrogens (tertiary/aromatic N) is 1. The van der Waals surface area contributed by atoms with Crippen LogP contribution in [0.3, 0.4) is 0 Å². The molecule has 0 radical (unpaired) electrons. The topological polar surface area (TPSA) is 46.3 Å². The molecule has 0 saturated heterocycles. The third kappa shape index (κ3) is 4.20. The lowest BCUT2D eigenvalue weighted by Gasteiger charge is -2.38. The van der Waals surface area contributed by atoms with Gasteiger partial charge in [0.15, 0.2) is 0 Å². The Morgan fingerprint density at radius 3 is 2.40 bits per heavy atom. The summed E-state index contributed by atoms with van der Waals surface area (Å²) in [5.74, 6) is -0.196. The maximum absolute atomic E-state index is 10.7. The molecular formula is C12H24N2O. The van der Waals surface area contributed by atoms with Crippen LogP contribution in [-0.4, -0.2) is 30.4 Å². The van der Waals surface area contributed by atoms with Crippen molar-refractivity contribution >= 4 is 5.91 Å². The molecule has 0 atom stereocenters. The number of carbonyl (C=O) groups is 1. The van der Waals surface area contributed by atoms with Gasteiger partial charge in [0, 0.05) is 19.0 Å². The average Bonchev–Trinajstić information content (AvgIpc) is 2.14. The van der Waals surface area contributed by atoms with E-state index < -0.39 is 0 Å². The second-order valence-corrected chi connectivity index (χ2v) is 5.59. The number of rotatable bonds is 4. The van der Waals surface area contributed by atoms with Crippen molar-refractivity contribution in [1.82, 2.24) is 4.90 Å². The van der Waals surface area contributed by atoms with E-state index in [4.69, 9.17) is 5.73 Å². The molecule has 1 amide bonds. The molecule has 0 aromatic heterocycles. The first-order valence-electron chi connectivity index (χ1n) is 5.89. The Bertz CT molecular complexity index is 216. The van der Waals surface area contributed by atoms with E-state index in [0.717, 1.165) is 6.54 Å². The first-order valence-corrected chi connectivity index (χ1v) is 5.89. The summed E-state index contributed by atoms with van der Waals surface area (Å²) in [6.45, 7) is 5.49. The van der Waals surface area contributed by atoms with Gasteiger partial charge in [-0.1, -0.05) is 13.8 Å². The van der Waals surface area contributed by atoms with Crippen LogP contribution in [0.4, 0.5) is 0 Å². The second kappa shape index (κ2) is 4.97. The lowest BCUT2D eigenvalue weighted by atomic mass is 9.75. The molecule has 3 heteroatoms. The average molecular weight is 212 g/mol. The Labute approximate surface area is 93.0 Å². The smallest absolute Gasteiger partial charge is 0.218 e. The van der Waals surface area contributed by atoms with Gasteiger partial charge in [-0.25, -0.2) is 0 Å². The Kier molecular flexibility index (Phi) is 4.14. The Balaban J connectivity index is 2.30. The Morgan fingerprint density at radius 2 is 1.93 bits per heavy atom. The molecule has 0 unspecified atom stereocenters. The maximum Gasteiger partial charge on any atom is 0.218 e. The highest BCUT2D eigenvalue weighted by Gasteiger charge is 2.28. The van der Waals surface area contributed by atoms with Gasteiger partial charge in [-0.2, -0.15) is 0 Å². The molecule has 88 valence electrons. The zero-order chi connectivity index (χ0) is 11.5. The van der Waals surface area contributed by atoms with Crippen LogP contribution in [0.2, 0.25) is 0 Å². The van der Waals surface area contributed by atoms with Gasteiger partial charge < -0.3 is 10.6 Å². The quantitative estimate of drug-likeness (QED) is 0.772. The van der Waals surface area contributed by atoms with Crippen molar-refractivity contribution in [3.63, 3.8) is 0 Å². The molecule has 3 nitrogen and oxygen atoms in total. The molecule has 0 spiro atoms. The fourth-order valence-electron chi connectivity index (χ4n) is 2.29. The maximum atomic E-state index is 10.7. The van der Waals surface area contributed by atoms with Gasteiger partial charge in [-0.15, -0.1) is 0 Å². The SMILES string of the molecule is CN(CCC(N)=O)C1CCC(C)(C)CC1. The number of hydrogen-bond donors (Lipinski definition) is 1. The highest BCUT2D eigenvalue weighted by atomic mass is 16.1. The fourth-order valence-corrected chi connectivity index (χ4v) is 2.29. The third-order valence-corrected chi connectivity index (χ3v) is 3.64. The van der Waals surface area contributed by atoms with Gasteiger partial charge in [-0.05, 0) is 38.1 Å². The monoisotopic (exact) mass is 212 g/mol. The molecule has 0 aliphatic heterocycles. The number of amides is 1. The van der Waals surface area contributed by atoms with E-state index in [1.54, 1.807) is 0 Å². The third-order valence-electron chi connectivity index (χ3n) is 3.64. The Morgan fingerprint density at radius 1 is 1.40 bits per heavy atom. The van der Waals surface area contributed by atoms with Crippen molar-refractivity contribution in [2.24, 2.45) is 11.1 Å². The standard InChI is InChI=1S/C12H24N2O/c1-12(2)7-4-10(5-8-12)14(3)9-6-11(13)15/h10H,4-9H2,1-3H3,(H2,13,15). The van der Waals surface area contributed by atoms with E-state index in [1.165, 1.54) is 25.7 Å². The van der Waals surface area contributed by atoms with E-state index >= 15 is 0 Å². The zero-order valence-corrected chi connectivity index (χ0v) is 10.3. The molecule has 1 saturated carbocycles. The van der Waals surface area contributed by atoms with E-state index in [1.807, 2.05) is 0 Å². The summed E-state index contributed by atoms with van der Waals surface area (Å²) >= 11 is 0. The van der Waals surface area contributed by atoms with Gasteiger partial charge in [-0.3, -0.25) is 4.79 Å². The highest BCUT2D eigenvalue weighted by molar-refractivity contribution is 5.73. The molecule has 2 N–H and O–H groups in total. The molecule has 0 bridgehead atoms. The van der Waals surface area contributed by atoms with Crippen LogP contribution >= 0.6 is 0 Å². The van der Waals surface area contributed by atoms with Crippen LogP contribution in [0.15, 0.2) is 0 Å². The first kappa shape index (κ1) is 12.5. The molecule has 0 heterocycles. The molecule has 0 aromatic carbocycles. The number of hydrogen-bond acceptors (Lipinski definition) is 2. The van der Waals surface area contributed by atoms with Crippen LogP contribution in [0, 0.1) is 5.41 Å². The van der Waals surface area contributed by atoms with Crippen molar-refractivity contribution in [2.45, 2.75) is 52.0 Å². The number of nitrogens with two attached hydrogens (primary N) is 1. The summed E-state index contributed by atoms with van der Waals surface area (Å²) < 4.78 is 0. The van der Waals surface area contributed by atoms with Crippen LogP contribution in [-0.2, 0) is 4.79 Å². The van der Waals surface area contributed by atoms with Crippen LogP contribution in [0.5, 0.6) is 0 Å². The van der Waals surface area contributed by atoms with Gasteiger partial charge in [0.25, 0.3) is 0 Å². The molecule has 1 rings (SSSR count). The minimum Gasteiger partial charge on any atom is -0.370 e. The summed E-state index contributed by atoms with van der Waals surface area (Å²) in [5, 5.41) is 0. The number of carbonyl (C=O) groups excluding carboxylic acids is 1. The minimum atomic E-state index is -0.196. The van der Waals surface area contributed by atoms with Crippen molar-refractivity contribution < 1.29 is 4.79 Å². The lowest BCUT2D eigenvalue weighted by Crippen LogP contribution is -2.38. The summed E-state index contributed by atoms with van der Waals surface area (Å²) in [7, 11) is 2.10. The molecule has 0 aromatic rings. The summed E-state index contributed by atoms with van der Waals surface area (Å²) in [6.07, 6.45) is 5.57. The van der Waals surface area contributed by atoms with E-state index in [2.05, 4.69) is 25.8 Å². The van der Waals surface area contributed by atoms with Crippen molar-refractivity contribution in [3.8, 4) is 0 Å². The molecule has 15 heavy (non-hydrogen) atoms. The lowest BCUT2D eigenvalue weighted by molar-refractivity contribution is -0.118. The second-order valence-electron chi connectivity index (χ2n) is 5.59. The van der Waals surface area contributed by atoms with Crippen molar-refractivity contribution in [1.29, 1.82) is 0 Å².